The average Bonchev–Trinajstić information content (AvgIpc) is 2.18. The van der Waals surface area contributed by atoms with Crippen molar-refractivity contribution in [2.45, 2.75) is 52.5 Å². The van der Waals surface area contributed by atoms with Crippen LogP contribution in [0.25, 0.3) is 0 Å². The van der Waals surface area contributed by atoms with Crippen LogP contribution in [-0.4, -0.2) is 30.0 Å². The zero-order chi connectivity index (χ0) is 11.3. The number of aliphatic imine (C=N–C) groups is 1. The zero-order valence-electron chi connectivity index (χ0n) is 10.4. The third-order valence-electron chi connectivity index (χ3n) is 3.03. The molecule has 0 aromatic rings. The Morgan fingerprint density at radius 1 is 1.40 bits per heavy atom. The second kappa shape index (κ2) is 5.99. The lowest BCUT2D eigenvalue weighted by Gasteiger charge is -2.32. The second-order valence-electron chi connectivity index (χ2n) is 4.80. The van der Waals surface area contributed by atoms with Gasteiger partial charge in [0.05, 0.1) is 0 Å². The third kappa shape index (κ3) is 4.10. The lowest BCUT2D eigenvalue weighted by atomic mass is 9.93. The van der Waals surface area contributed by atoms with Gasteiger partial charge in [0.1, 0.15) is 0 Å². The van der Waals surface area contributed by atoms with Crippen LogP contribution >= 0.6 is 0 Å². The molecule has 0 aromatic heterocycles. The molecule has 0 aliphatic carbocycles. The van der Waals surface area contributed by atoms with Crippen molar-refractivity contribution in [2.24, 2.45) is 16.6 Å². The van der Waals surface area contributed by atoms with E-state index in [1.165, 1.54) is 25.7 Å². The number of nitrogens with zero attached hydrogens (tertiary/aromatic N) is 2. The summed E-state index contributed by atoms with van der Waals surface area (Å²) in [7, 11) is 0. The van der Waals surface area contributed by atoms with Crippen LogP contribution < -0.4 is 5.73 Å². The molecule has 0 spiro atoms. The first-order chi connectivity index (χ1) is 7.13. The van der Waals surface area contributed by atoms with Crippen LogP contribution in [0.5, 0.6) is 0 Å². The van der Waals surface area contributed by atoms with Gasteiger partial charge in [0.25, 0.3) is 0 Å². The standard InChI is InChI=1S/C12H25N3/c1-4-5-11-6-8-15(9-7-11)12(13)14-10(2)3/h10-11H,4-9H2,1-3H3,(H2,13,14). The fourth-order valence-electron chi connectivity index (χ4n) is 2.21. The van der Waals surface area contributed by atoms with E-state index in [0.29, 0.717) is 6.04 Å². The summed E-state index contributed by atoms with van der Waals surface area (Å²) >= 11 is 0. The van der Waals surface area contributed by atoms with Crippen molar-refractivity contribution in [3.8, 4) is 0 Å². The van der Waals surface area contributed by atoms with Gasteiger partial charge in [-0.05, 0) is 32.6 Å². The number of rotatable bonds is 3. The molecule has 1 fully saturated rings. The maximum absolute atomic E-state index is 5.94. The third-order valence-corrected chi connectivity index (χ3v) is 3.03. The molecule has 0 saturated carbocycles. The molecule has 0 unspecified atom stereocenters. The van der Waals surface area contributed by atoms with Crippen molar-refractivity contribution in [3.63, 3.8) is 0 Å². The molecular formula is C12H25N3. The highest BCUT2D eigenvalue weighted by atomic mass is 15.3. The van der Waals surface area contributed by atoms with Crippen LogP contribution in [0.15, 0.2) is 4.99 Å². The minimum atomic E-state index is 0.304. The first-order valence-electron chi connectivity index (χ1n) is 6.21. The van der Waals surface area contributed by atoms with E-state index >= 15 is 0 Å². The van der Waals surface area contributed by atoms with Gasteiger partial charge in [-0.1, -0.05) is 19.8 Å². The topological polar surface area (TPSA) is 41.6 Å². The molecule has 3 nitrogen and oxygen atoms in total. The minimum absolute atomic E-state index is 0.304. The van der Waals surface area contributed by atoms with E-state index in [1.54, 1.807) is 0 Å². The molecule has 1 saturated heterocycles. The summed E-state index contributed by atoms with van der Waals surface area (Å²) in [6, 6.07) is 0.304. The van der Waals surface area contributed by atoms with Crippen LogP contribution in [0, 0.1) is 5.92 Å². The van der Waals surface area contributed by atoms with Crippen LogP contribution in [0.3, 0.4) is 0 Å². The van der Waals surface area contributed by atoms with Crippen LogP contribution in [0.1, 0.15) is 46.5 Å². The van der Waals surface area contributed by atoms with Crippen molar-refractivity contribution < 1.29 is 0 Å². The van der Waals surface area contributed by atoms with E-state index in [-0.39, 0.29) is 0 Å². The molecule has 1 rings (SSSR count). The highest BCUT2D eigenvalue weighted by molar-refractivity contribution is 5.78. The Hall–Kier alpha value is -0.730. The van der Waals surface area contributed by atoms with E-state index in [4.69, 9.17) is 5.73 Å². The smallest absolute Gasteiger partial charge is 0.191 e. The van der Waals surface area contributed by atoms with E-state index < -0.39 is 0 Å². The van der Waals surface area contributed by atoms with Gasteiger partial charge in [-0.25, -0.2) is 0 Å². The summed E-state index contributed by atoms with van der Waals surface area (Å²) in [5, 5.41) is 0. The van der Waals surface area contributed by atoms with E-state index in [1.807, 2.05) is 0 Å². The van der Waals surface area contributed by atoms with Crippen molar-refractivity contribution >= 4 is 5.96 Å². The molecular weight excluding hydrogens is 186 g/mol. The number of piperidine rings is 1. The first kappa shape index (κ1) is 12.3. The van der Waals surface area contributed by atoms with Crippen molar-refractivity contribution in [3.05, 3.63) is 0 Å². The summed E-state index contributed by atoms with van der Waals surface area (Å²) in [6.07, 6.45) is 5.24. The van der Waals surface area contributed by atoms with E-state index in [9.17, 15) is 0 Å². The van der Waals surface area contributed by atoms with Gasteiger partial charge in [0.2, 0.25) is 0 Å². The van der Waals surface area contributed by atoms with Gasteiger partial charge in [-0.3, -0.25) is 4.99 Å². The number of hydrogen-bond donors (Lipinski definition) is 1. The quantitative estimate of drug-likeness (QED) is 0.574. The number of nitrogens with two attached hydrogens (primary N) is 1. The Kier molecular flexibility index (Phi) is 4.92. The molecule has 1 aliphatic heterocycles. The fraction of sp³-hybridized carbons (Fsp3) is 0.917. The van der Waals surface area contributed by atoms with Crippen LogP contribution in [0.2, 0.25) is 0 Å². The SMILES string of the molecule is CCCC1CCN(C(N)=NC(C)C)CC1. The maximum atomic E-state index is 5.94. The largest absolute Gasteiger partial charge is 0.370 e. The Morgan fingerprint density at radius 3 is 2.47 bits per heavy atom. The first-order valence-corrected chi connectivity index (χ1v) is 6.21. The molecule has 1 heterocycles. The van der Waals surface area contributed by atoms with E-state index in [2.05, 4.69) is 30.7 Å². The molecule has 3 heteroatoms. The molecule has 1 aliphatic rings. The van der Waals surface area contributed by atoms with Gasteiger partial charge in [0, 0.05) is 19.1 Å². The fourth-order valence-corrected chi connectivity index (χ4v) is 2.21. The van der Waals surface area contributed by atoms with Gasteiger partial charge in [-0.2, -0.15) is 0 Å². The predicted molar refractivity (Wildman–Crippen MR) is 66.0 cm³/mol. The number of hydrogen-bond acceptors (Lipinski definition) is 1. The highest BCUT2D eigenvalue weighted by Crippen LogP contribution is 2.21. The molecule has 0 amide bonds. The molecule has 0 atom stereocenters. The molecule has 15 heavy (non-hydrogen) atoms. The van der Waals surface area contributed by atoms with Gasteiger partial charge in [-0.15, -0.1) is 0 Å². The average molecular weight is 211 g/mol. The van der Waals surface area contributed by atoms with Gasteiger partial charge < -0.3 is 10.6 Å². The van der Waals surface area contributed by atoms with Crippen molar-refractivity contribution in [1.29, 1.82) is 0 Å². The molecule has 0 radical (unpaired) electrons. The van der Waals surface area contributed by atoms with E-state index in [0.717, 1.165) is 25.0 Å². The summed E-state index contributed by atoms with van der Waals surface area (Å²) in [5.74, 6) is 1.65. The molecule has 2 N–H and O–H groups in total. The van der Waals surface area contributed by atoms with Crippen molar-refractivity contribution in [1.82, 2.24) is 4.90 Å². The Balaban J connectivity index is 2.36. The maximum Gasteiger partial charge on any atom is 0.191 e. The van der Waals surface area contributed by atoms with Crippen LogP contribution in [0.4, 0.5) is 0 Å². The Morgan fingerprint density at radius 2 is 2.00 bits per heavy atom. The van der Waals surface area contributed by atoms with Gasteiger partial charge in [0.15, 0.2) is 5.96 Å². The molecule has 0 aromatic carbocycles. The molecule has 0 bridgehead atoms. The zero-order valence-corrected chi connectivity index (χ0v) is 10.4. The predicted octanol–water partition coefficient (Wildman–Crippen LogP) is 2.22. The Bertz CT molecular complexity index is 203. The lowest BCUT2D eigenvalue weighted by molar-refractivity contribution is 0.252. The number of likely N-dealkylation sites (tertiary alicyclic amines) is 1. The van der Waals surface area contributed by atoms with Crippen molar-refractivity contribution in [2.75, 3.05) is 13.1 Å². The number of guanidine groups is 1. The Labute approximate surface area is 93.7 Å². The highest BCUT2D eigenvalue weighted by Gasteiger charge is 2.19. The minimum Gasteiger partial charge on any atom is -0.370 e. The normalized spacial score (nSPS) is 20.0. The summed E-state index contributed by atoms with van der Waals surface area (Å²) in [6.45, 7) is 8.58. The summed E-state index contributed by atoms with van der Waals surface area (Å²) in [4.78, 5) is 6.62. The van der Waals surface area contributed by atoms with Gasteiger partial charge >= 0.3 is 0 Å². The summed E-state index contributed by atoms with van der Waals surface area (Å²) < 4.78 is 0. The second-order valence-corrected chi connectivity index (χ2v) is 4.80. The lowest BCUT2D eigenvalue weighted by Crippen LogP contribution is -2.43. The van der Waals surface area contributed by atoms with Crippen LogP contribution in [-0.2, 0) is 0 Å². The molecule has 88 valence electrons. The summed E-state index contributed by atoms with van der Waals surface area (Å²) in [5.41, 5.74) is 5.94. The monoisotopic (exact) mass is 211 g/mol.